The highest BCUT2D eigenvalue weighted by molar-refractivity contribution is 7.09. The fraction of sp³-hybridized carbons (Fsp3) is 0.353. The first-order chi connectivity index (χ1) is 11.2. The van der Waals surface area contributed by atoms with Gasteiger partial charge in [0.25, 0.3) is 0 Å². The number of aromatic nitrogens is 1. The average Bonchev–Trinajstić information content (AvgIpc) is 2.95. The number of amides is 1. The van der Waals surface area contributed by atoms with E-state index in [0.29, 0.717) is 11.4 Å². The minimum atomic E-state index is -1.09. The molecule has 0 saturated heterocycles. The first-order valence-electron chi connectivity index (χ1n) is 7.47. The van der Waals surface area contributed by atoms with Crippen molar-refractivity contribution in [3.05, 3.63) is 52.0 Å². The van der Waals surface area contributed by atoms with Crippen LogP contribution in [0.3, 0.4) is 0 Å². The summed E-state index contributed by atoms with van der Waals surface area (Å²) in [7, 11) is 0. The van der Waals surface area contributed by atoms with Gasteiger partial charge in [0.2, 0.25) is 0 Å². The third-order valence-corrected chi connectivity index (χ3v) is 3.97. The molecule has 1 aromatic heterocycles. The van der Waals surface area contributed by atoms with Crippen LogP contribution >= 0.6 is 11.3 Å². The van der Waals surface area contributed by atoms with Gasteiger partial charge in [-0.2, -0.15) is 0 Å². The fourth-order valence-electron chi connectivity index (χ4n) is 2.05. The van der Waals surface area contributed by atoms with Crippen LogP contribution in [-0.4, -0.2) is 27.8 Å². The molecule has 0 aliphatic heterocycles. The van der Waals surface area contributed by atoms with E-state index >= 15 is 0 Å². The van der Waals surface area contributed by atoms with Gasteiger partial charge in [-0.3, -0.25) is 0 Å². The van der Waals surface area contributed by atoms with Crippen molar-refractivity contribution in [2.75, 3.05) is 0 Å². The summed E-state index contributed by atoms with van der Waals surface area (Å²) in [6.07, 6.45) is -0.0670. The Morgan fingerprint density at radius 1 is 1.29 bits per heavy atom. The molecule has 0 unspecified atom stereocenters. The van der Waals surface area contributed by atoms with Crippen molar-refractivity contribution in [3.63, 3.8) is 0 Å². The largest absolute Gasteiger partial charge is 0.476 e. The summed E-state index contributed by atoms with van der Waals surface area (Å²) in [5, 5.41) is 13.8. The number of hydrogen-bond acceptors (Lipinski definition) is 5. The Labute approximate surface area is 144 Å². The quantitative estimate of drug-likeness (QED) is 0.861. The van der Waals surface area contributed by atoms with Crippen molar-refractivity contribution in [2.24, 2.45) is 0 Å². The van der Waals surface area contributed by atoms with Crippen molar-refractivity contribution in [2.45, 2.75) is 38.8 Å². The molecule has 0 fully saturated rings. The number of carbonyl (C=O) groups excluding carboxylic acids is 1. The molecule has 24 heavy (non-hydrogen) atoms. The first-order valence-corrected chi connectivity index (χ1v) is 8.35. The van der Waals surface area contributed by atoms with E-state index in [4.69, 9.17) is 9.84 Å². The van der Waals surface area contributed by atoms with E-state index in [0.717, 1.165) is 5.56 Å². The molecule has 0 aliphatic carbocycles. The molecule has 1 aromatic carbocycles. The summed E-state index contributed by atoms with van der Waals surface area (Å²) >= 11 is 1.20. The minimum absolute atomic E-state index is 0.0287. The van der Waals surface area contributed by atoms with Gasteiger partial charge >= 0.3 is 12.1 Å². The second kappa shape index (κ2) is 7.44. The highest BCUT2D eigenvalue weighted by Gasteiger charge is 2.23. The second-order valence-corrected chi connectivity index (χ2v) is 7.15. The molecule has 0 saturated carbocycles. The number of alkyl carbamates (subject to hydrolysis) is 1. The van der Waals surface area contributed by atoms with Crippen molar-refractivity contribution < 1.29 is 19.4 Å². The van der Waals surface area contributed by atoms with Crippen LogP contribution in [0.15, 0.2) is 35.7 Å². The monoisotopic (exact) mass is 348 g/mol. The van der Waals surface area contributed by atoms with Gasteiger partial charge in [0.05, 0.1) is 6.04 Å². The van der Waals surface area contributed by atoms with E-state index in [-0.39, 0.29) is 5.69 Å². The zero-order valence-corrected chi connectivity index (χ0v) is 14.6. The number of carboxylic acid groups (broad SMARTS) is 1. The van der Waals surface area contributed by atoms with Gasteiger partial charge in [-0.15, -0.1) is 11.3 Å². The smallest absolute Gasteiger partial charge is 0.408 e. The highest BCUT2D eigenvalue weighted by atomic mass is 32.1. The van der Waals surface area contributed by atoms with Gasteiger partial charge in [0.15, 0.2) is 5.69 Å². The summed E-state index contributed by atoms with van der Waals surface area (Å²) in [6, 6.07) is 9.14. The number of nitrogens with zero attached hydrogens (tertiary/aromatic N) is 1. The van der Waals surface area contributed by atoms with Crippen LogP contribution in [-0.2, 0) is 11.2 Å². The van der Waals surface area contributed by atoms with Gasteiger partial charge in [-0.25, -0.2) is 14.6 Å². The maximum atomic E-state index is 12.1. The molecule has 1 amide bonds. The third kappa shape index (κ3) is 5.34. The first kappa shape index (κ1) is 17.9. The van der Waals surface area contributed by atoms with Gasteiger partial charge in [0, 0.05) is 5.38 Å². The van der Waals surface area contributed by atoms with Crippen molar-refractivity contribution in [1.29, 1.82) is 0 Å². The number of aromatic carboxylic acids is 1. The molecule has 1 atom stereocenters. The Balaban J connectivity index is 2.20. The topological polar surface area (TPSA) is 88.5 Å². The van der Waals surface area contributed by atoms with Crippen LogP contribution < -0.4 is 5.32 Å². The predicted octanol–water partition coefficient (Wildman–Crippen LogP) is 3.65. The number of benzene rings is 1. The van der Waals surface area contributed by atoms with Crippen LogP contribution in [0.4, 0.5) is 4.79 Å². The number of hydrogen-bond donors (Lipinski definition) is 2. The van der Waals surface area contributed by atoms with E-state index in [1.807, 2.05) is 30.3 Å². The van der Waals surface area contributed by atoms with Gasteiger partial charge in [-0.05, 0) is 32.8 Å². The molecule has 0 aliphatic rings. The van der Waals surface area contributed by atoms with Crippen molar-refractivity contribution in [1.82, 2.24) is 10.3 Å². The SMILES string of the molecule is CC(C)(C)OC(=O)N[C@@H](Cc1ccccc1)c1nc(C(=O)O)cs1. The number of carbonyl (C=O) groups is 2. The van der Waals surface area contributed by atoms with E-state index in [2.05, 4.69) is 10.3 Å². The standard InChI is InChI=1S/C17H20N2O4S/c1-17(2,3)23-16(22)19-12(9-11-7-5-4-6-8-11)14-18-13(10-24-14)15(20)21/h4-8,10,12H,9H2,1-3H3,(H,19,22)(H,20,21)/t12-/m0/s1. The van der Waals surface area contributed by atoms with Crippen LogP contribution in [0.25, 0.3) is 0 Å². The zero-order chi connectivity index (χ0) is 17.7. The summed E-state index contributed by atoms with van der Waals surface area (Å²) in [5.74, 6) is -1.09. The Morgan fingerprint density at radius 3 is 2.50 bits per heavy atom. The molecule has 0 bridgehead atoms. The fourth-order valence-corrected chi connectivity index (χ4v) is 2.89. The number of rotatable bonds is 5. The van der Waals surface area contributed by atoms with Crippen LogP contribution in [0, 0.1) is 0 Å². The molecule has 7 heteroatoms. The molecule has 6 nitrogen and oxygen atoms in total. The second-order valence-electron chi connectivity index (χ2n) is 6.26. The number of thiazole rings is 1. The van der Waals surface area contributed by atoms with Crippen LogP contribution in [0.1, 0.15) is 47.9 Å². The minimum Gasteiger partial charge on any atom is -0.476 e. The van der Waals surface area contributed by atoms with Crippen LogP contribution in [0.2, 0.25) is 0 Å². The van der Waals surface area contributed by atoms with Crippen LogP contribution in [0.5, 0.6) is 0 Å². The molecule has 128 valence electrons. The molecule has 2 aromatic rings. The van der Waals surface area contributed by atoms with E-state index in [1.165, 1.54) is 16.7 Å². The summed E-state index contributed by atoms with van der Waals surface area (Å²) in [5.41, 5.74) is 0.362. The molecular formula is C17H20N2O4S. The van der Waals surface area contributed by atoms with E-state index < -0.39 is 23.7 Å². The highest BCUT2D eigenvalue weighted by Crippen LogP contribution is 2.23. The molecule has 0 spiro atoms. The Kier molecular flexibility index (Phi) is 5.56. The Morgan fingerprint density at radius 2 is 1.96 bits per heavy atom. The Hall–Kier alpha value is -2.41. The van der Waals surface area contributed by atoms with Crippen molar-refractivity contribution in [3.8, 4) is 0 Å². The van der Waals surface area contributed by atoms with Gasteiger partial charge < -0.3 is 15.2 Å². The maximum absolute atomic E-state index is 12.1. The molecule has 0 radical (unpaired) electrons. The summed E-state index contributed by atoms with van der Waals surface area (Å²) < 4.78 is 5.29. The normalized spacial score (nSPS) is 12.5. The maximum Gasteiger partial charge on any atom is 0.408 e. The molecule has 2 rings (SSSR count). The lowest BCUT2D eigenvalue weighted by molar-refractivity contribution is 0.0503. The summed E-state index contributed by atoms with van der Waals surface area (Å²) in [6.45, 7) is 5.35. The number of nitrogens with one attached hydrogen (secondary N) is 1. The molecule has 2 N–H and O–H groups in total. The van der Waals surface area contributed by atoms with Crippen molar-refractivity contribution >= 4 is 23.4 Å². The van der Waals surface area contributed by atoms with Gasteiger partial charge in [0.1, 0.15) is 10.6 Å². The average molecular weight is 348 g/mol. The lowest BCUT2D eigenvalue weighted by Crippen LogP contribution is -2.35. The molecular weight excluding hydrogens is 328 g/mol. The van der Waals surface area contributed by atoms with Gasteiger partial charge in [-0.1, -0.05) is 30.3 Å². The summed E-state index contributed by atoms with van der Waals surface area (Å²) in [4.78, 5) is 27.2. The Bertz CT molecular complexity index is 707. The third-order valence-electron chi connectivity index (χ3n) is 3.01. The predicted molar refractivity (Wildman–Crippen MR) is 91.3 cm³/mol. The van der Waals surface area contributed by atoms with E-state index in [9.17, 15) is 9.59 Å². The zero-order valence-electron chi connectivity index (χ0n) is 13.8. The lowest BCUT2D eigenvalue weighted by atomic mass is 10.1. The van der Waals surface area contributed by atoms with E-state index in [1.54, 1.807) is 20.8 Å². The molecule has 1 heterocycles. The lowest BCUT2D eigenvalue weighted by Gasteiger charge is -2.23. The number of ether oxygens (including phenoxy) is 1. The number of carboxylic acids is 1.